The number of carbonyl (C=O) groups excluding carboxylic acids is 1. The number of nitrogens with zero attached hydrogens (tertiary/aromatic N) is 1. The number of piperidine rings is 1. The first-order valence-electron chi connectivity index (χ1n) is 6.79. The molecule has 0 radical (unpaired) electrons. The van der Waals surface area contributed by atoms with E-state index in [-0.39, 0.29) is 5.91 Å². The van der Waals surface area contributed by atoms with Crippen LogP contribution in [-0.2, 0) is 19.6 Å². The second-order valence-corrected chi connectivity index (χ2v) is 6.66. The molecule has 1 heterocycles. The number of sulfonamides is 1. The summed E-state index contributed by atoms with van der Waals surface area (Å²) in [6.45, 7) is 4.16. The van der Waals surface area contributed by atoms with Crippen LogP contribution in [0.15, 0.2) is 0 Å². The van der Waals surface area contributed by atoms with Gasteiger partial charge in [0.25, 0.3) is 0 Å². The molecule has 1 unspecified atom stereocenters. The van der Waals surface area contributed by atoms with E-state index in [4.69, 9.17) is 4.74 Å². The van der Waals surface area contributed by atoms with Crippen LogP contribution in [0.4, 0.5) is 0 Å². The van der Waals surface area contributed by atoms with E-state index in [2.05, 4.69) is 5.32 Å². The zero-order valence-corrected chi connectivity index (χ0v) is 12.5. The average molecular weight is 292 g/mol. The highest BCUT2D eigenvalue weighted by Crippen LogP contribution is 2.19. The smallest absolute Gasteiger partial charge is 0.238 e. The van der Waals surface area contributed by atoms with Gasteiger partial charge in [-0.3, -0.25) is 4.79 Å². The molecule has 6 nitrogen and oxygen atoms in total. The van der Waals surface area contributed by atoms with Crippen molar-refractivity contribution in [3.63, 3.8) is 0 Å². The highest BCUT2D eigenvalue weighted by Gasteiger charge is 2.33. The van der Waals surface area contributed by atoms with E-state index in [0.717, 1.165) is 25.5 Å². The molecule has 19 heavy (non-hydrogen) atoms. The fourth-order valence-electron chi connectivity index (χ4n) is 2.21. The second kappa shape index (κ2) is 7.81. The molecule has 1 aliphatic rings. The second-order valence-electron chi connectivity index (χ2n) is 4.73. The summed E-state index contributed by atoms with van der Waals surface area (Å²) in [6, 6.07) is -0.546. The van der Waals surface area contributed by atoms with E-state index >= 15 is 0 Å². The van der Waals surface area contributed by atoms with Crippen LogP contribution in [0.2, 0.25) is 0 Å². The Labute approximate surface area is 115 Å². The number of carbonyl (C=O) groups is 1. The summed E-state index contributed by atoms with van der Waals surface area (Å²) in [5.74, 6) is -0.193. The van der Waals surface area contributed by atoms with Gasteiger partial charge in [0.2, 0.25) is 15.9 Å². The maximum absolute atomic E-state index is 12.0. The first-order valence-corrected chi connectivity index (χ1v) is 8.64. The molecule has 0 aromatic heterocycles. The molecule has 1 saturated heterocycles. The predicted molar refractivity (Wildman–Crippen MR) is 73.3 cm³/mol. The van der Waals surface area contributed by atoms with Gasteiger partial charge >= 0.3 is 0 Å². The molecule has 1 aliphatic heterocycles. The lowest BCUT2D eigenvalue weighted by Crippen LogP contribution is -2.51. The first kappa shape index (κ1) is 16.4. The summed E-state index contributed by atoms with van der Waals surface area (Å²) in [4.78, 5) is 12.0. The van der Waals surface area contributed by atoms with Crippen molar-refractivity contribution in [3.05, 3.63) is 0 Å². The topological polar surface area (TPSA) is 75.7 Å². The zero-order chi connectivity index (χ0) is 14.3. The summed E-state index contributed by atoms with van der Waals surface area (Å²) < 4.78 is 29.8. The molecule has 0 saturated carbocycles. The van der Waals surface area contributed by atoms with Gasteiger partial charge in [0.05, 0.1) is 6.26 Å². The third kappa shape index (κ3) is 5.46. The fourth-order valence-corrected chi connectivity index (χ4v) is 3.34. The summed E-state index contributed by atoms with van der Waals surface area (Å²) in [5.41, 5.74) is 0. The minimum absolute atomic E-state index is 0.193. The van der Waals surface area contributed by atoms with Crippen molar-refractivity contribution in [1.82, 2.24) is 9.62 Å². The van der Waals surface area contributed by atoms with Gasteiger partial charge in [-0.05, 0) is 26.2 Å². The number of ether oxygens (including phenoxy) is 1. The Kier molecular flexibility index (Phi) is 6.74. The SMILES string of the molecule is CCOCCCNC(=O)C1CCCCN1S(C)(=O)=O. The Morgan fingerprint density at radius 3 is 2.79 bits per heavy atom. The van der Waals surface area contributed by atoms with Crippen LogP contribution >= 0.6 is 0 Å². The summed E-state index contributed by atoms with van der Waals surface area (Å²) in [6.07, 6.45) is 4.22. The molecule has 1 fully saturated rings. The van der Waals surface area contributed by atoms with Gasteiger partial charge in [0, 0.05) is 26.3 Å². The molecule has 0 aliphatic carbocycles. The van der Waals surface area contributed by atoms with Crippen LogP contribution in [0.1, 0.15) is 32.6 Å². The normalized spacial score (nSPS) is 21.3. The first-order chi connectivity index (χ1) is 8.96. The van der Waals surface area contributed by atoms with Crippen LogP contribution in [-0.4, -0.2) is 57.2 Å². The summed E-state index contributed by atoms with van der Waals surface area (Å²) in [7, 11) is -3.31. The lowest BCUT2D eigenvalue weighted by molar-refractivity contribution is -0.125. The third-order valence-corrected chi connectivity index (χ3v) is 4.44. The monoisotopic (exact) mass is 292 g/mol. The van der Waals surface area contributed by atoms with Crippen LogP contribution in [0, 0.1) is 0 Å². The molecule has 0 aromatic carbocycles. The Bertz CT molecular complexity index is 383. The van der Waals surface area contributed by atoms with Gasteiger partial charge < -0.3 is 10.1 Å². The molecule has 7 heteroatoms. The van der Waals surface area contributed by atoms with E-state index < -0.39 is 16.1 Å². The summed E-state index contributed by atoms with van der Waals surface area (Å²) in [5, 5.41) is 2.79. The zero-order valence-electron chi connectivity index (χ0n) is 11.7. The number of amides is 1. The van der Waals surface area contributed by atoms with Gasteiger partial charge in [0.1, 0.15) is 6.04 Å². The molecule has 0 aromatic rings. The van der Waals surface area contributed by atoms with Gasteiger partial charge in [-0.1, -0.05) is 6.42 Å². The molecular weight excluding hydrogens is 268 g/mol. The van der Waals surface area contributed by atoms with Crippen molar-refractivity contribution >= 4 is 15.9 Å². The number of hydrogen-bond donors (Lipinski definition) is 1. The van der Waals surface area contributed by atoms with Gasteiger partial charge in [0.15, 0.2) is 0 Å². The minimum atomic E-state index is -3.31. The minimum Gasteiger partial charge on any atom is -0.382 e. The number of hydrogen-bond acceptors (Lipinski definition) is 4. The largest absolute Gasteiger partial charge is 0.382 e. The van der Waals surface area contributed by atoms with Crippen molar-refractivity contribution in [2.75, 3.05) is 32.6 Å². The highest BCUT2D eigenvalue weighted by atomic mass is 32.2. The van der Waals surface area contributed by atoms with Crippen molar-refractivity contribution < 1.29 is 17.9 Å². The quantitative estimate of drug-likeness (QED) is 0.687. The Hall–Kier alpha value is -0.660. The fraction of sp³-hybridized carbons (Fsp3) is 0.917. The van der Waals surface area contributed by atoms with Crippen molar-refractivity contribution in [1.29, 1.82) is 0 Å². The highest BCUT2D eigenvalue weighted by molar-refractivity contribution is 7.88. The predicted octanol–water partition coefficient (Wildman–Crippen LogP) is 0.343. The molecule has 1 N–H and O–H groups in total. The summed E-state index contributed by atoms with van der Waals surface area (Å²) >= 11 is 0. The van der Waals surface area contributed by atoms with Crippen molar-refractivity contribution in [3.8, 4) is 0 Å². The van der Waals surface area contributed by atoms with Gasteiger partial charge in [-0.2, -0.15) is 4.31 Å². The van der Waals surface area contributed by atoms with E-state index in [1.54, 1.807) is 0 Å². The maximum atomic E-state index is 12.0. The standard InChI is InChI=1S/C12H24N2O4S/c1-3-18-10-6-8-13-12(15)11-7-4-5-9-14(11)19(2,16)17/h11H,3-10H2,1-2H3,(H,13,15). The molecular formula is C12H24N2O4S. The van der Waals surface area contributed by atoms with Crippen LogP contribution in [0.25, 0.3) is 0 Å². The molecule has 0 spiro atoms. The maximum Gasteiger partial charge on any atom is 0.238 e. The molecule has 0 bridgehead atoms. The Morgan fingerprint density at radius 1 is 1.42 bits per heavy atom. The van der Waals surface area contributed by atoms with Gasteiger partial charge in [-0.25, -0.2) is 8.42 Å². The van der Waals surface area contributed by atoms with Crippen LogP contribution < -0.4 is 5.32 Å². The number of rotatable bonds is 7. The van der Waals surface area contributed by atoms with Crippen LogP contribution in [0.5, 0.6) is 0 Å². The van der Waals surface area contributed by atoms with Crippen LogP contribution in [0.3, 0.4) is 0 Å². The van der Waals surface area contributed by atoms with E-state index in [0.29, 0.717) is 32.7 Å². The Morgan fingerprint density at radius 2 is 2.16 bits per heavy atom. The van der Waals surface area contributed by atoms with Gasteiger partial charge in [-0.15, -0.1) is 0 Å². The average Bonchev–Trinajstić information content (AvgIpc) is 2.37. The number of nitrogens with one attached hydrogen (secondary N) is 1. The van der Waals surface area contributed by atoms with E-state index in [1.165, 1.54) is 4.31 Å². The molecule has 1 atom stereocenters. The Balaban J connectivity index is 2.44. The lowest BCUT2D eigenvalue weighted by Gasteiger charge is -2.32. The van der Waals surface area contributed by atoms with Crippen molar-refractivity contribution in [2.24, 2.45) is 0 Å². The third-order valence-electron chi connectivity index (χ3n) is 3.15. The van der Waals surface area contributed by atoms with E-state index in [9.17, 15) is 13.2 Å². The molecule has 1 amide bonds. The van der Waals surface area contributed by atoms with E-state index in [1.807, 2.05) is 6.92 Å². The molecule has 1 rings (SSSR count). The molecule has 112 valence electrons. The lowest BCUT2D eigenvalue weighted by atomic mass is 10.0. The van der Waals surface area contributed by atoms with Crippen molar-refractivity contribution in [2.45, 2.75) is 38.6 Å².